The minimum absolute atomic E-state index is 0.572. The summed E-state index contributed by atoms with van der Waals surface area (Å²) < 4.78 is 15.8. The van der Waals surface area contributed by atoms with Gasteiger partial charge in [-0.25, -0.2) is 15.0 Å². The molecule has 0 aliphatic rings. The zero-order chi connectivity index (χ0) is 37.5. The fourth-order valence-electron chi connectivity index (χ4n) is 8.52. The van der Waals surface area contributed by atoms with E-state index in [1.54, 1.807) is 0 Å². The molecule has 0 aliphatic carbocycles. The lowest BCUT2D eigenvalue weighted by Gasteiger charge is -2.12. The molecule has 266 valence electrons. The second kappa shape index (κ2) is 12.3. The fraction of sp³-hybridized carbons (Fsp3) is 0. The van der Waals surface area contributed by atoms with E-state index in [4.69, 9.17) is 23.8 Å². The maximum Gasteiger partial charge on any atom is 0.164 e. The Morgan fingerprint density at radius 2 is 0.895 bits per heavy atom. The predicted molar refractivity (Wildman–Crippen MR) is 230 cm³/mol. The van der Waals surface area contributed by atoms with Crippen LogP contribution >= 0.6 is 0 Å². The van der Waals surface area contributed by atoms with Gasteiger partial charge >= 0.3 is 0 Å². The number of aromatic nitrogens is 4. The minimum atomic E-state index is 0.572. The number of benzene rings is 8. The van der Waals surface area contributed by atoms with E-state index < -0.39 is 0 Å². The van der Waals surface area contributed by atoms with Gasteiger partial charge in [0, 0.05) is 49.0 Å². The van der Waals surface area contributed by atoms with Crippen molar-refractivity contribution in [3.8, 4) is 51.0 Å². The summed E-state index contributed by atoms with van der Waals surface area (Å²) in [5.41, 5.74) is 11.3. The lowest BCUT2D eigenvalue weighted by Crippen LogP contribution is -2.00. The van der Waals surface area contributed by atoms with E-state index in [2.05, 4.69) is 108 Å². The van der Waals surface area contributed by atoms with Gasteiger partial charge in [-0.15, -0.1) is 0 Å². The van der Waals surface area contributed by atoms with Gasteiger partial charge in [-0.2, -0.15) is 0 Å². The van der Waals surface area contributed by atoms with Crippen molar-refractivity contribution in [2.75, 3.05) is 0 Å². The molecule has 4 heterocycles. The van der Waals surface area contributed by atoms with E-state index in [9.17, 15) is 0 Å². The largest absolute Gasteiger partial charge is 0.456 e. The summed E-state index contributed by atoms with van der Waals surface area (Å²) in [6.07, 6.45) is 0. The maximum atomic E-state index is 7.12. The van der Waals surface area contributed by atoms with Crippen molar-refractivity contribution in [1.29, 1.82) is 0 Å². The van der Waals surface area contributed by atoms with Crippen molar-refractivity contribution in [3.05, 3.63) is 182 Å². The average molecular weight is 731 g/mol. The Bertz CT molecular complexity index is 3410. The molecule has 0 spiro atoms. The van der Waals surface area contributed by atoms with Crippen LogP contribution in [0.4, 0.5) is 0 Å². The van der Waals surface area contributed by atoms with Crippen molar-refractivity contribution < 1.29 is 8.83 Å². The summed E-state index contributed by atoms with van der Waals surface area (Å²) in [6.45, 7) is 0. The first kappa shape index (κ1) is 31.5. The number of rotatable bonds is 5. The Kier molecular flexibility index (Phi) is 6.83. The van der Waals surface area contributed by atoms with Crippen LogP contribution in [-0.2, 0) is 0 Å². The van der Waals surface area contributed by atoms with E-state index in [1.165, 1.54) is 10.8 Å². The molecule has 6 nitrogen and oxygen atoms in total. The Hall–Kier alpha value is -7.83. The molecule has 0 fully saturated rings. The topological polar surface area (TPSA) is 69.9 Å². The molecular formula is C51H30N4O2. The second-order valence-electron chi connectivity index (χ2n) is 14.3. The molecule has 12 aromatic rings. The summed E-state index contributed by atoms with van der Waals surface area (Å²) in [4.78, 5) is 15.0. The molecule has 0 aliphatic heterocycles. The van der Waals surface area contributed by atoms with Gasteiger partial charge in [0.25, 0.3) is 0 Å². The summed E-state index contributed by atoms with van der Waals surface area (Å²) in [6, 6.07) is 62.6. The molecule has 0 atom stereocenters. The average Bonchev–Trinajstić information content (AvgIpc) is 3.96. The van der Waals surface area contributed by atoms with Gasteiger partial charge in [-0.1, -0.05) is 140 Å². The van der Waals surface area contributed by atoms with Crippen LogP contribution in [0.25, 0.3) is 117 Å². The Balaban J connectivity index is 1.15. The summed E-state index contributed by atoms with van der Waals surface area (Å²) >= 11 is 0. The summed E-state index contributed by atoms with van der Waals surface area (Å²) in [5, 5.41) is 6.57. The Morgan fingerprint density at radius 3 is 1.58 bits per heavy atom. The minimum Gasteiger partial charge on any atom is -0.456 e. The number of furan rings is 2. The van der Waals surface area contributed by atoms with Crippen molar-refractivity contribution >= 4 is 65.7 Å². The quantitative estimate of drug-likeness (QED) is 0.176. The normalized spacial score (nSPS) is 11.9. The summed E-state index contributed by atoms with van der Waals surface area (Å²) in [7, 11) is 0. The van der Waals surface area contributed by atoms with E-state index in [-0.39, 0.29) is 0 Å². The molecule has 0 radical (unpaired) electrons. The van der Waals surface area contributed by atoms with Crippen LogP contribution in [-0.4, -0.2) is 19.5 Å². The maximum absolute atomic E-state index is 7.12. The number of fused-ring (bicyclic) bond motifs is 9. The van der Waals surface area contributed by atoms with E-state index >= 15 is 0 Å². The molecule has 0 N–H and O–H groups in total. The van der Waals surface area contributed by atoms with E-state index in [0.29, 0.717) is 17.5 Å². The van der Waals surface area contributed by atoms with Gasteiger partial charge in [0.05, 0.1) is 16.7 Å². The van der Waals surface area contributed by atoms with Crippen molar-refractivity contribution in [2.45, 2.75) is 0 Å². The van der Waals surface area contributed by atoms with Crippen LogP contribution in [0.1, 0.15) is 0 Å². The van der Waals surface area contributed by atoms with E-state index in [1.807, 2.05) is 78.9 Å². The fourth-order valence-corrected chi connectivity index (χ4v) is 8.52. The first-order valence-corrected chi connectivity index (χ1v) is 19.0. The molecule has 0 bridgehead atoms. The number of para-hydroxylation sites is 3. The third kappa shape index (κ3) is 4.87. The standard InChI is InChI=1S/C51H30N4O2/c1-3-14-31(15-4-1)49-52-50(32-16-5-2-6-17-32)54-51(53-49)33-26-27-39-45(30-33)57-48-42(55-40-22-10-7-18-34(40)35-19-8-11-23-41(35)55)29-28-37(47(39)48)36-21-13-25-44-46(36)38-20-9-12-24-43(38)56-44/h1-30H. The molecule has 4 aromatic heterocycles. The Morgan fingerprint density at radius 1 is 0.351 bits per heavy atom. The molecule has 12 rings (SSSR count). The SMILES string of the molecule is c1ccc(-c2nc(-c3ccccc3)nc(-c3ccc4c(c3)oc3c(-n5c6ccccc6c6ccccc65)ccc(-c5cccc6oc7ccccc7c56)c34)n2)cc1. The predicted octanol–water partition coefficient (Wildman–Crippen LogP) is 13.4. The number of hydrogen-bond acceptors (Lipinski definition) is 5. The smallest absolute Gasteiger partial charge is 0.164 e. The van der Waals surface area contributed by atoms with Gasteiger partial charge in [0.2, 0.25) is 0 Å². The number of nitrogens with zero attached hydrogens (tertiary/aromatic N) is 4. The van der Waals surface area contributed by atoms with Crippen LogP contribution in [0, 0.1) is 0 Å². The van der Waals surface area contributed by atoms with Crippen LogP contribution in [0.3, 0.4) is 0 Å². The molecule has 0 saturated carbocycles. The van der Waals surface area contributed by atoms with Crippen molar-refractivity contribution in [3.63, 3.8) is 0 Å². The zero-order valence-electron chi connectivity index (χ0n) is 30.4. The van der Waals surface area contributed by atoms with Gasteiger partial charge in [0.1, 0.15) is 16.7 Å². The van der Waals surface area contributed by atoms with Crippen molar-refractivity contribution in [1.82, 2.24) is 19.5 Å². The van der Waals surface area contributed by atoms with Gasteiger partial charge in [0.15, 0.2) is 23.1 Å². The Labute approximate surface area is 325 Å². The molecule has 0 saturated heterocycles. The lowest BCUT2D eigenvalue weighted by atomic mass is 9.94. The first-order chi connectivity index (χ1) is 28.3. The number of hydrogen-bond donors (Lipinski definition) is 0. The monoisotopic (exact) mass is 730 g/mol. The molecule has 0 unspecified atom stereocenters. The zero-order valence-corrected chi connectivity index (χ0v) is 30.4. The van der Waals surface area contributed by atoms with Crippen LogP contribution < -0.4 is 0 Å². The molecule has 6 heteroatoms. The lowest BCUT2D eigenvalue weighted by molar-refractivity contribution is 0.666. The molecular weight excluding hydrogens is 701 g/mol. The summed E-state index contributed by atoms with van der Waals surface area (Å²) in [5.74, 6) is 1.79. The molecule has 0 amide bonds. The first-order valence-electron chi connectivity index (χ1n) is 19.0. The van der Waals surface area contributed by atoms with Gasteiger partial charge < -0.3 is 13.4 Å². The van der Waals surface area contributed by atoms with Crippen LogP contribution in [0.5, 0.6) is 0 Å². The third-order valence-electron chi connectivity index (χ3n) is 11.1. The molecule has 8 aromatic carbocycles. The van der Waals surface area contributed by atoms with E-state index in [0.717, 1.165) is 88.4 Å². The highest BCUT2D eigenvalue weighted by Crippen LogP contribution is 2.46. The third-order valence-corrected chi connectivity index (χ3v) is 11.1. The molecule has 57 heavy (non-hydrogen) atoms. The van der Waals surface area contributed by atoms with Gasteiger partial charge in [-0.05, 0) is 53.6 Å². The van der Waals surface area contributed by atoms with Crippen molar-refractivity contribution in [2.24, 2.45) is 0 Å². The highest BCUT2D eigenvalue weighted by atomic mass is 16.3. The second-order valence-corrected chi connectivity index (χ2v) is 14.3. The van der Waals surface area contributed by atoms with Crippen LogP contribution in [0.2, 0.25) is 0 Å². The highest BCUT2D eigenvalue weighted by molar-refractivity contribution is 6.21. The van der Waals surface area contributed by atoms with Crippen LogP contribution in [0.15, 0.2) is 191 Å². The van der Waals surface area contributed by atoms with Gasteiger partial charge in [-0.3, -0.25) is 0 Å². The highest BCUT2D eigenvalue weighted by Gasteiger charge is 2.23.